The largest absolute Gasteiger partial charge is 0.362 e. The molecule has 6 rings (SSSR count). The van der Waals surface area contributed by atoms with Crippen LogP contribution < -0.4 is 10.6 Å². The lowest BCUT2D eigenvalue weighted by Crippen LogP contribution is -2.70. The van der Waals surface area contributed by atoms with Crippen LogP contribution in [-0.2, 0) is 4.79 Å². The van der Waals surface area contributed by atoms with Gasteiger partial charge in [0.2, 0.25) is 5.91 Å². The molecule has 5 nitrogen and oxygen atoms in total. The second-order valence-corrected chi connectivity index (χ2v) is 9.34. The maximum atomic E-state index is 13.3. The van der Waals surface area contributed by atoms with Gasteiger partial charge in [-0.3, -0.25) is 9.59 Å². The summed E-state index contributed by atoms with van der Waals surface area (Å²) in [6, 6.07) is 7.75. The SMILES string of the molecule is C[C@@]12CC[C@H](C[C@@H]1C(=O)N1CCCCC1)[C@]1(C2)NC(=O)c2ccccc2N1. The molecule has 1 saturated heterocycles. The van der Waals surface area contributed by atoms with Crippen molar-refractivity contribution < 1.29 is 9.59 Å². The van der Waals surface area contributed by atoms with Gasteiger partial charge in [0, 0.05) is 30.6 Å². The number of carbonyl (C=O) groups is 2. The average Bonchev–Trinajstić information content (AvgIpc) is 2.68. The predicted octanol–water partition coefficient (Wildman–Crippen LogP) is 3.38. The summed E-state index contributed by atoms with van der Waals surface area (Å²) >= 11 is 0. The molecular weight excluding hydrogens is 338 g/mol. The van der Waals surface area contributed by atoms with E-state index in [0.29, 0.717) is 11.8 Å². The predicted molar refractivity (Wildman–Crippen MR) is 104 cm³/mol. The van der Waals surface area contributed by atoms with Gasteiger partial charge in [0.1, 0.15) is 5.66 Å². The van der Waals surface area contributed by atoms with Crippen LogP contribution in [0.1, 0.15) is 62.2 Å². The van der Waals surface area contributed by atoms with E-state index in [1.807, 2.05) is 24.3 Å². The molecule has 3 saturated carbocycles. The lowest BCUT2D eigenvalue weighted by atomic mass is 9.51. The molecule has 1 aromatic rings. The summed E-state index contributed by atoms with van der Waals surface area (Å²) in [6.07, 6.45) is 7.36. The number of para-hydroxylation sites is 1. The van der Waals surface area contributed by atoms with E-state index in [9.17, 15) is 9.59 Å². The molecule has 3 aliphatic carbocycles. The summed E-state index contributed by atoms with van der Waals surface area (Å²) in [7, 11) is 0. The standard InChI is InChI=1S/C22H29N3O2/c1-21-10-9-15(13-17(21)20(27)25-11-5-2-6-12-25)22(14-21)23-18-8-4-3-7-16(18)19(26)24-22/h3-4,7-8,15,17,23H,2,5-6,9-14H2,1H3,(H,24,26)/t15-,17-,21+,22+/m1/s1. The molecule has 27 heavy (non-hydrogen) atoms. The Hall–Kier alpha value is -2.04. The first-order chi connectivity index (χ1) is 13.0. The molecule has 4 atom stereocenters. The fourth-order valence-corrected chi connectivity index (χ4v) is 6.16. The van der Waals surface area contributed by atoms with Gasteiger partial charge < -0.3 is 15.5 Å². The minimum Gasteiger partial charge on any atom is -0.362 e. The third kappa shape index (κ3) is 2.58. The average molecular weight is 367 g/mol. The minimum absolute atomic E-state index is 0.0133. The van der Waals surface area contributed by atoms with Crippen LogP contribution in [-0.4, -0.2) is 35.5 Å². The van der Waals surface area contributed by atoms with Crippen molar-refractivity contribution in [3.63, 3.8) is 0 Å². The third-order valence-corrected chi connectivity index (χ3v) is 7.64. The molecule has 4 fully saturated rings. The number of piperidine rings is 1. The van der Waals surface area contributed by atoms with Gasteiger partial charge in [-0.05, 0) is 62.5 Å². The Morgan fingerprint density at radius 3 is 2.70 bits per heavy atom. The number of anilines is 1. The Kier molecular flexibility index (Phi) is 3.78. The first-order valence-corrected chi connectivity index (χ1v) is 10.5. The zero-order chi connectivity index (χ0) is 18.6. The first-order valence-electron chi connectivity index (χ1n) is 10.5. The van der Waals surface area contributed by atoms with Crippen LogP contribution in [0.3, 0.4) is 0 Å². The van der Waals surface area contributed by atoms with E-state index in [1.165, 1.54) is 6.42 Å². The summed E-state index contributed by atoms with van der Waals surface area (Å²) in [5.74, 6) is 0.768. The van der Waals surface area contributed by atoms with Gasteiger partial charge in [0.05, 0.1) is 5.56 Å². The lowest BCUT2D eigenvalue weighted by Gasteiger charge is -2.61. The van der Waals surface area contributed by atoms with E-state index in [-0.39, 0.29) is 17.2 Å². The Balaban J connectivity index is 1.43. The number of hydrogen-bond acceptors (Lipinski definition) is 3. The van der Waals surface area contributed by atoms with Gasteiger partial charge >= 0.3 is 0 Å². The van der Waals surface area contributed by atoms with E-state index in [4.69, 9.17) is 0 Å². The molecule has 2 N–H and O–H groups in total. The zero-order valence-corrected chi connectivity index (χ0v) is 16.1. The van der Waals surface area contributed by atoms with Crippen molar-refractivity contribution in [2.45, 2.75) is 57.5 Å². The fourth-order valence-electron chi connectivity index (χ4n) is 6.16. The summed E-state index contributed by atoms with van der Waals surface area (Å²) in [4.78, 5) is 28.2. The quantitative estimate of drug-likeness (QED) is 0.800. The van der Waals surface area contributed by atoms with E-state index in [1.54, 1.807) is 0 Å². The van der Waals surface area contributed by atoms with E-state index < -0.39 is 5.66 Å². The van der Waals surface area contributed by atoms with Gasteiger partial charge in [-0.2, -0.15) is 0 Å². The number of hydrogen-bond donors (Lipinski definition) is 2. The van der Waals surface area contributed by atoms with E-state index >= 15 is 0 Å². The summed E-state index contributed by atoms with van der Waals surface area (Å²) in [5, 5.41) is 6.99. The first kappa shape index (κ1) is 17.1. The van der Waals surface area contributed by atoms with Crippen LogP contribution in [0.4, 0.5) is 5.69 Å². The van der Waals surface area contributed by atoms with Gasteiger partial charge in [-0.1, -0.05) is 19.1 Å². The normalized spacial score (nSPS) is 37.5. The topological polar surface area (TPSA) is 61.4 Å². The van der Waals surface area contributed by atoms with Crippen LogP contribution in [0.5, 0.6) is 0 Å². The molecule has 2 amide bonds. The highest BCUT2D eigenvalue weighted by atomic mass is 16.2. The molecule has 144 valence electrons. The molecule has 5 aliphatic rings. The number of amides is 2. The van der Waals surface area contributed by atoms with Crippen molar-refractivity contribution in [1.29, 1.82) is 0 Å². The van der Waals surface area contributed by atoms with E-state index in [2.05, 4.69) is 22.5 Å². The van der Waals surface area contributed by atoms with Gasteiger partial charge in [0.15, 0.2) is 0 Å². The molecule has 1 spiro atoms. The Bertz CT molecular complexity index is 788. The number of benzene rings is 1. The fraction of sp³-hybridized carbons (Fsp3) is 0.636. The minimum atomic E-state index is -0.406. The number of fused-ring (bicyclic) bond motifs is 3. The molecular formula is C22H29N3O2. The zero-order valence-electron chi connectivity index (χ0n) is 16.1. The smallest absolute Gasteiger partial charge is 0.255 e. The Labute approximate surface area is 160 Å². The maximum Gasteiger partial charge on any atom is 0.255 e. The molecule has 2 aliphatic heterocycles. The van der Waals surface area contributed by atoms with Crippen molar-refractivity contribution in [3.8, 4) is 0 Å². The van der Waals surface area contributed by atoms with Crippen LogP contribution in [0.2, 0.25) is 0 Å². The van der Waals surface area contributed by atoms with Crippen LogP contribution >= 0.6 is 0 Å². The second kappa shape index (κ2) is 5.98. The highest BCUT2D eigenvalue weighted by Crippen LogP contribution is 2.58. The van der Waals surface area contributed by atoms with Gasteiger partial charge in [-0.25, -0.2) is 0 Å². The Morgan fingerprint density at radius 1 is 1.15 bits per heavy atom. The number of nitrogens with zero attached hydrogens (tertiary/aromatic N) is 1. The second-order valence-electron chi connectivity index (χ2n) is 9.34. The van der Waals surface area contributed by atoms with Crippen molar-refractivity contribution in [3.05, 3.63) is 29.8 Å². The van der Waals surface area contributed by atoms with Crippen molar-refractivity contribution in [2.24, 2.45) is 17.3 Å². The number of likely N-dealkylation sites (tertiary alicyclic amines) is 1. The van der Waals surface area contributed by atoms with Gasteiger partial charge in [-0.15, -0.1) is 0 Å². The van der Waals surface area contributed by atoms with Crippen molar-refractivity contribution in [2.75, 3.05) is 18.4 Å². The molecule has 2 bridgehead atoms. The van der Waals surface area contributed by atoms with E-state index in [0.717, 1.165) is 62.9 Å². The number of rotatable bonds is 1. The third-order valence-electron chi connectivity index (χ3n) is 7.64. The highest BCUT2D eigenvalue weighted by molar-refractivity contribution is 6.02. The molecule has 0 aromatic heterocycles. The van der Waals surface area contributed by atoms with Crippen molar-refractivity contribution in [1.82, 2.24) is 10.2 Å². The van der Waals surface area contributed by atoms with Crippen molar-refractivity contribution >= 4 is 17.5 Å². The summed E-state index contributed by atoms with van der Waals surface area (Å²) < 4.78 is 0. The lowest BCUT2D eigenvalue weighted by molar-refractivity contribution is -0.151. The monoisotopic (exact) mass is 367 g/mol. The molecule has 5 heteroatoms. The highest BCUT2D eigenvalue weighted by Gasteiger charge is 2.60. The van der Waals surface area contributed by atoms with Crippen LogP contribution in [0.25, 0.3) is 0 Å². The van der Waals surface area contributed by atoms with Gasteiger partial charge in [0.25, 0.3) is 5.91 Å². The summed E-state index contributed by atoms with van der Waals surface area (Å²) in [6.45, 7) is 4.11. The molecule has 0 unspecified atom stereocenters. The maximum absolute atomic E-state index is 13.3. The number of carbonyl (C=O) groups excluding carboxylic acids is 2. The number of nitrogens with one attached hydrogen (secondary N) is 2. The molecule has 0 radical (unpaired) electrons. The van der Waals surface area contributed by atoms with Crippen LogP contribution in [0, 0.1) is 17.3 Å². The molecule has 2 heterocycles. The summed E-state index contributed by atoms with van der Waals surface area (Å²) in [5.41, 5.74) is 1.18. The van der Waals surface area contributed by atoms with Crippen LogP contribution in [0.15, 0.2) is 24.3 Å². The molecule has 1 aromatic carbocycles. The Morgan fingerprint density at radius 2 is 1.93 bits per heavy atom.